The average molecular weight is 375 g/mol. The molecule has 0 bridgehead atoms. The summed E-state index contributed by atoms with van der Waals surface area (Å²) in [5.41, 5.74) is 4.64. The van der Waals surface area contributed by atoms with Crippen molar-refractivity contribution in [3.8, 4) is 0 Å². The predicted octanol–water partition coefficient (Wildman–Crippen LogP) is 4.05. The van der Waals surface area contributed by atoms with E-state index in [1.807, 2.05) is 32.0 Å². The van der Waals surface area contributed by atoms with Crippen LogP contribution in [0.2, 0.25) is 0 Å². The van der Waals surface area contributed by atoms with Crippen molar-refractivity contribution >= 4 is 34.7 Å². The van der Waals surface area contributed by atoms with Crippen molar-refractivity contribution in [3.05, 3.63) is 71.7 Å². The lowest BCUT2D eigenvalue weighted by Crippen LogP contribution is -2.14. The molecular weight excluding hydrogens is 354 g/mol. The van der Waals surface area contributed by atoms with Crippen LogP contribution in [0.25, 0.3) is 0 Å². The summed E-state index contributed by atoms with van der Waals surface area (Å²) in [4.78, 5) is 31.9. The van der Waals surface area contributed by atoms with Crippen LogP contribution in [0.1, 0.15) is 28.5 Å². The van der Waals surface area contributed by atoms with Crippen molar-refractivity contribution in [1.82, 2.24) is 9.97 Å². The van der Waals surface area contributed by atoms with Gasteiger partial charge in [-0.15, -0.1) is 0 Å². The van der Waals surface area contributed by atoms with Crippen LogP contribution in [0.4, 0.5) is 22.9 Å². The Kier molecular flexibility index (Phi) is 5.64. The van der Waals surface area contributed by atoms with E-state index in [0.717, 1.165) is 11.3 Å². The first-order valence-electron chi connectivity index (χ1n) is 8.76. The van der Waals surface area contributed by atoms with Gasteiger partial charge in [0.1, 0.15) is 17.8 Å². The molecule has 7 nitrogen and oxygen atoms in total. The highest BCUT2D eigenvalue weighted by Crippen LogP contribution is 2.19. The zero-order valence-corrected chi connectivity index (χ0v) is 15.9. The molecule has 1 heterocycles. The molecule has 0 spiro atoms. The Bertz CT molecular complexity index is 1030. The summed E-state index contributed by atoms with van der Waals surface area (Å²) in [5, 5.41) is 8.63. The Balaban J connectivity index is 1.73. The summed E-state index contributed by atoms with van der Waals surface area (Å²) in [7, 11) is 0. The first kappa shape index (κ1) is 19.0. The zero-order valence-electron chi connectivity index (χ0n) is 15.9. The molecule has 7 heteroatoms. The van der Waals surface area contributed by atoms with Crippen LogP contribution in [0, 0.1) is 13.8 Å². The van der Waals surface area contributed by atoms with Gasteiger partial charge < -0.3 is 16.0 Å². The number of carbonyl (C=O) groups excluding carboxylic acids is 2. The monoisotopic (exact) mass is 375 g/mol. The molecule has 2 aromatic carbocycles. The molecule has 0 aliphatic heterocycles. The molecule has 0 aliphatic carbocycles. The quantitative estimate of drug-likeness (QED) is 0.625. The molecule has 0 radical (unpaired) electrons. The van der Waals surface area contributed by atoms with E-state index >= 15 is 0 Å². The van der Waals surface area contributed by atoms with Crippen molar-refractivity contribution in [1.29, 1.82) is 0 Å². The zero-order chi connectivity index (χ0) is 20.1. The van der Waals surface area contributed by atoms with Gasteiger partial charge in [-0.1, -0.05) is 12.1 Å². The number of hydrogen-bond acceptors (Lipinski definition) is 5. The number of amides is 2. The third-order valence-corrected chi connectivity index (χ3v) is 4.12. The molecule has 0 saturated carbocycles. The third-order valence-electron chi connectivity index (χ3n) is 4.12. The van der Waals surface area contributed by atoms with Gasteiger partial charge in [0.05, 0.1) is 0 Å². The van der Waals surface area contributed by atoms with Gasteiger partial charge in [-0.05, 0) is 55.3 Å². The molecule has 28 heavy (non-hydrogen) atoms. The number of rotatable bonds is 5. The molecule has 0 fully saturated rings. The Labute approximate surface area is 163 Å². The van der Waals surface area contributed by atoms with Gasteiger partial charge in [-0.3, -0.25) is 9.59 Å². The second-order valence-electron chi connectivity index (χ2n) is 6.43. The molecule has 3 rings (SSSR count). The lowest BCUT2D eigenvalue weighted by Gasteiger charge is -2.10. The van der Waals surface area contributed by atoms with E-state index in [1.54, 1.807) is 30.3 Å². The van der Waals surface area contributed by atoms with E-state index in [2.05, 4.69) is 25.9 Å². The molecule has 0 atom stereocenters. The number of nitrogens with one attached hydrogen (secondary N) is 3. The van der Waals surface area contributed by atoms with Crippen LogP contribution in [0.3, 0.4) is 0 Å². The van der Waals surface area contributed by atoms with Crippen molar-refractivity contribution in [2.75, 3.05) is 16.0 Å². The first-order valence-corrected chi connectivity index (χ1v) is 8.76. The maximum absolute atomic E-state index is 12.5. The Hall–Kier alpha value is -3.74. The molecule has 1 aromatic heterocycles. The fourth-order valence-corrected chi connectivity index (χ4v) is 2.59. The second kappa shape index (κ2) is 8.30. The predicted molar refractivity (Wildman–Crippen MR) is 110 cm³/mol. The van der Waals surface area contributed by atoms with Gasteiger partial charge in [0.25, 0.3) is 5.91 Å². The number of hydrogen-bond donors (Lipinski definition) is 3. The maximum atomic E-state index is 12.5. The number of aryl methyl sites for hydroxylation is 2. The smallest absolute Gasteiger partial charge is 0.274 e. The molecule has 0 saturated heterocycles. The molecule has 2 amide bonds. The molecular formula is C21H21N5O2. The Morgan fingerprint density at radius 1 is 0.821 bits per heavy atom. The van der Waals surface area contributed by atoms with Crippen LogP contribution in [-0.4, -0.2) is 21.8 Å². The van der Waals surface area contributed by atoms with Gasteiger partial charge in [0, 0.05) is 30.1 Å². The average Bonchev–Trinajstić information content (AvgIpc) is 2.65. The number of nitrogens with zero attached hydrogens (tertiary/aromatic N) is 2. The molecule has 3 aromatic rings. The second-order valence-corrected chi connectivity index (χ2v) is 6.43. The fraction of sp³-hybridized carbons (Fsp3) is 0.143. The minimum absolute atomic E-state index is 0.179. The van der Waals surface area contributed by atoms with Gasteiger partial charge in [-0.25, -0.2) is 9.97 Å². The van der Waals surface area contributed by atoms with Gasteiger partial charge in [0.15, 0.2) is 0 Å². The van der Waals surface area contributed by atoms with Crippen molar-refractivity contribution in [2.24, 2.45) is 0 Å². The number of anilines is 4. The summed E-state index contributed by atoms with van der Waals surface area (Å²) in [6.07, 6.45) is 1.34. The summed E-state index contributed by atoms with van der Waals surface area (Å²) >= 11 is 0. The van der Waals surface area contributed by atoms with E-state index in [0.29, 0.717) is 17.2 Å². The van der Waals surface area contributed by atoms with Gasteiger partial charge >= 0.3 is 0 Å². The topological polar surface area (TPSA) is 96.0 Å². The summed E-state index contributed by atoms with van der Waals surface area (Å²) in [6.45, 7) is 5.51. The van der Waals surface area contributed by atoms with E-state index in [9.17, 15) is 9.59 Å². The molecule has 0 unspecified atom stereocenters. The van der Waals surface area contributed by atoms with Crippen LogP contribution < -0.4 is 16.0 Å². The SMILES string of the molecule is CC(=O)Nc1cccc(NC(=O)c2cc(Nc3ccc(C)c(C)c3)ncn2)c1. The fourth-order valence-electron chi connectivity index (χ4n) is 2.59. The number of aromatic nitrogens is 2. The standard InChI is InChI=1S/C21H21N5O2/c1-13-7-8-18(9-14(13)2)25-20-11-19(22-12-23-20)21(28)26-17-6-4-5-16(10-17)24-15(3)27/h4-12H,1-3H3,(H,24,27)(H,26,28)(H,22,23,25). The minimum atomic E-state index is -0.370. The third kappa shape index (κ3) is 4.91. The van der Waals surface area contributed by atoms with Gasteiger partial charge in [0.2, 0.25) is 5.91 Å². The maximum Gasteiger partial charge on any atom is 0.274 e. The van der Waals surface area contributed by atoms with E-state index in [4.69, 9.17) is 0 Å². The van der Waals surface area contributed by atoms with E-state index < -0.39 is 0 Å². The largest absolute Gasteiger partial charge is 0.340 e. The van der Waals surface area contributed by atoms with Crippen LogP contribution >= 0.6 is 0 Å². The Morgan fingerprint density at radius 2 is 1.57 bits per heavy atom. The first-order chi connectivity index (χ1) is 13.4. The lowest BCUT2D eigenvalue weighted by molar-refractivity contribution is -0.114. The highest BCUT2D eigenvalue weighted by Gasteiger charge is 2.10. The molecule has 142 valence electrons. The number of benzene rings is 2. The highest BCUT2D eigenvalue weighted by atomic mass is 16.2. The van der Waals surface area contributed by atoms with E-state index in [-0.39, 0.29) is 17.5 Å². The van der Waals surface area contributed by atoms with E-state index in [1.165, 1.54) is 18.8 Å². The minimum Gasteiger partial charge on any atom is -0.340 e. The van der Waals surface area contributed by atoms with Crippen molar-refractivity contribution in [3.63, 3.8) is 0 Å². The normalized spacial score (nSPS) is 10.2. The van der Waals surface area contributed by atoms with Crippen LogP contribution in [0.5, 0.6) is 0 Å². The lowest BCUT2D eigenvalue weighted by atomic mass is 10.1. The van der Waals surface area contributed by atoms with Crippen LogP contribution in [-0.2, 0) is 4.79 Å². The highest BCUT2D eigenvalue weighted by molar-refractivity contribution is 6.03. The number of carbonyl (C=O) groups is 2. The van der Waals surface area contributed by atoms with Gasteiger partial charge in [-0.2, -0.15) is 0 Å². The molecule has 3 N–H and O–H groups in total. The van der Waals surface area contributed by atoms with Crippen molar-refractivity contribution in [2.45, 2.75) is 20.8 Å². The summed E-state index contributed by atoms with van der Waals surface area (Å²) < 4.78 is 0. The summed E-state index contributed by atoms with van der Waals surface area (Å²) in [6, 6.07) is 14.5. The summed E-state index contributed by atoms with van der Waals surface area (Å²) in [5.74, 6) is -0.0257. The van der Waals surface area contributed by atoms with Crippen molar-refractivity contribution < 1.29 is 9.59 Å². The Morgan fingerprint density at radius 3 is 2.29 bits per heavy atom. The molecule has 0 aliphatic rings. The van der Waals surface area contributed by atoms with Crippen LogP contribution in [0.15, 0.2) is 54.9 Å².